The second kappa shape index (κ2) is 7.10. The SMILES string of the molecule is Cn1cnc([N+](=O)[O-])c1Sc1ccc(S(=O)(=O)N2CCCCC2)cn1. The third-order valence-corrected chi connectivity index (χ3v) is 6.90. The van der Waals surface area contributed by atoms with Gasteiger partial charge in [0.15, 0.2) is 5.03 Å². The third kappa shape index (κ3) is 3.67. The first-order chi connectivity index (χ1) is 11.9. The Balaban J connectivity index is 1.81. The maximum Gasteiger partial charge on any atom is 0.396 e. The standard InChI is InChI=1S/C14H17N5O4S2/c1-17-10-16-13(19(20)21)14(17)24-12-6-5-11(9-15-12)25(22,23)18-7-3-2-4-8-18/h5-6,9-10H,2-4,7-8H2,1H3. The molecule has 25 heavy (non-hydrogen) atoms. The lowest BCUT2D eigenvalue weighted by molar-refractivity contribution is -0.392. The van der Waals surface area contributed by atoms with E-state index in [2.05, 4.69) is 9.97 Å². The molecule has 1 aliphatic heterocycles. The van der Waals surface area contributed by atoms with E-state index in [0.717, 1.165) is 31.0 Å². The van der Waals surface area contributed by atoms with Gasteiger partial charge in [-0.25, -0.2) is 13.4 Å². The minimum Gasteiger partial charge on any atom is -0.358 e. The maximum absolute atomic E-state index is 12.6. The van der Waals surface area contributed by atoms with Gasteiger partial charge in [0.25, 0.3) is 0 Å². The molecule has 3 heterocycles. The number of rotatable bonds is 5. The molecule has 134 valence electrons. The topological polar surface area (TPSA) is 111 Å². The van der Waals surface area contributed by atoms with Gasteiger partial charge < -0.3 is 14.7 Å². The number of nitro groups is 1. The lowest BCUT2D eigenvalue weighted by Gasteiger charge is -2.25. The molecule has 0 aliphatic carbocycles. The van der Waals surface area contributed by atoms with Crippen LogP contribution in [-0.4, -0.2) is 45.3 Å². The van der Waals surface area contributed by atoms with Crippen molar-refractivity contribution in [2.45, 2.75) is 34.2 Å². The van der Waals surface area contributed by atoms with Crippen LogP contribution in [-0.2, 0) is 17.1 Å². The van der Waals surface area contributed by atoms with Gasteiger partial charge in [-0.1, -0.05) is 6.42 Å². The van der Waals surface area contributed by atoms with E-state index in [-0.39, 0.29) is 10.7 Å². The van der Waals surface area contributed by atoms with Gasteiger partial charge in [-0.2, -0.15) is 4.31 Å². The van der Waals surface area contributed by atoms with Crippen LogP contribution in [0, 0.1) is 10.1 Å². The van der Waals surface area contributed by atoms with Crippen molar-refractivity contribution in [3.63, 3.8) is 0 Å². The summed E-state index contributed by atoms with van der Waals surface area (Å²) in [4.78, 5) is 18.5. The summed E-state index contributed by atoms with van der Waals surface area (Å²) in [6, 6.07) is 3.04. The molecule has 0 N–H and O–H groups in total. The molecule has 0 spiro atoms. The Hall–Kier alpha value is -1.98. The minimum atomic E-state index is -3.53. The van der Waals surface area contributed by atoms with Crippen molar-refractivity contribution in [3.05, 3.63) is 34.8 Å². The van der Waals surface area contributed by atoms with Crippen molar-refractivity contribution < 1.29 is 13.3 Å². The summed E-state index contributed by atoms with van der Waals surface area (Å²) in [6.45, 7) is 1.06. The van der Waals surface area contributed by atoms with E-state index < -0.39 is 14.9 Å². The zero-order chi connectivity index (χ0) is 18.0. The highest BCUT2D eigenvalue weighted by atomic mass is 32.2. The number of hydrogen-bond acceptors (Lipinski definition) is 7. The zero-order valence-corrected chi connectivity index (χ0v) is 15.2. The van der Waals surface area contributed by atoms with E-state index in [1.54, 1.807) is 13.1 Å². The van der Waals surface area contributed by atoms with Gasteiger partial charge in [-0.05, 0) is 46.6 Å². The van der Waals surface area contributed by atoms with Crippen LogP contribution in [0.3, 0.4) is 0 Å². The van der Waals surface area contributed by atoms with E-state index in [1.807, 2.05) is 0 Å². The first kappa shape index (κ1) is 17.8. The van der Waals surface area contributed by atoms with E-state index in [0.29, 0.717) is 23.1 Å². The molecule has 0 unspecified atom stereocenters. The number of sulfonamides is 1. The molecular weight excluding hydrogens is 366 g/mol. The Kier molecular flexibility index (Phi) is 5.06. The Morgan fingerprint density at radius 3 is 2.52 bits per heavy atom. The summed E-state index contributed by atoms with van der Waals surface area (Å²) in [5, 5.41) is 11.8. The van der Waals surface area contributed by atoms with Gasteiger partial charge in [0, 0.05) is 26.3 Å². The van der Waals surface area contributed by atoms with Crippen LogP contribution in [0.15, 0.2) is 39.6 Å². The largest absolute Gasteiger partial charge is 0.396 e. The average molecular weight is 383 g/mol. The van der Waals surface area contributed by atoms with Crippen molar-refractivity contribution in [1.29, 1.82) is 0 Å². The predicted molar refractivity (Wildman–Crippen MR) is 90.8 cm³/mol. The summed E-state index contributed by atoms with van der Waals surface area (Å²) in [5.74, 6) is -0.251. The van der Waals surface area contributed by atoms with E-state index in [9.17, 15) is 18.5 Å². The average Bonchev–Trinajstić information content (AvgIpc) is 2.97. The van der Waals surface area contributed by atoms with Gasteiger partial charge >= 0.3 is 5.82 Å². The molecule has 0 aromatic carbocycles. The first-order valence-electron chi connectivity index (χ1n) is 7.69. The molecule has 0 amide bonds. The lowest BCUT2D eigenvalue weighted by Crippen LogP contribution is -2.35. The van der Waals surface area contributed by atoms with Crippen LogP contribution in [0.1, 0.15) is 19.3 Å². The predicted octanol–water partition coefficient (Wildman–Crippen LogP) is 2.05. The van der Waals surface area contributed by atoms with Crippen LogP contribution in [0.4, 0.5) is 5.82 Å². The van der Waals surface area contributed by atoms with E-state index >= 15 is 0 Å². The molecular formula is C14H17N5O4S2. The Morgan fingerprint density at radius 2 is 1.92 bits per heavy atom. The Morgan fingerprint density at radius 1 is 1.20 bits per heavy atom. The summed E-state index contributed by atoms with van der Waals surface area (Å²) in [5.41, 5.74) is 0. The molecule has 1 saturated heterocycles. The summed E-state index contributed by atoms with van der Waals surface area (Å²) in [7, 11) is -1.88. The smallest absolute Gasteiger partial charge is 0.358 e. The zero-order valence-electron chi connectivity index (χ0n) is 13.5. The molecule has 0 saturated carbocycles. The Labute approximate surface area is 149 Å². The fourth-order valence-electron chi connectivity index (χ4n) is 2.58. The summed E-state index contributed by atoms with van der Waals surface area (Å²) < 4.78 is 28.2. The summed E-state index contributed by atoms with van der Waals surface area (Å²) >= 11 is 1.07. The molecule has 9 nitrogen and oxygen atoms in total. The maximum atomic E-state index is 12.6. The Bertz CT molecular complexity index is 873. The molecule has 1 aliphatic rings. The molecule has 1 fully saturated rings. The number of imidazole rings is 1. The van der Waals surface area contributed by atoms with Gasteiger partial charge in [-0.15, -0.1) is 0 Å². The molecule has 3 rings (SSSR count). The number of pyridine rings is 1. The van der Waals surface area contributed by atoms with Crippen LogP contribution < -0.4 is 0 Å². The molecule has 2 aromatic heterocycles. The molecule has 2 aromatic rings. The fraction of sp³-hybridized carbons (Fsp3) is 0.429. The van der Waals surface area contributed by atoms with E-state index in [1.165, 1.54) is 27.5 Å². The fourth-order valence-corrected chi connectivity index (χ4v) is 4.89. The van der Waals surface area contributed by atoms with Crippen molar-refractivity contribution in [2.75, 3.05) is 13.1 Å². The normalized spacial score (nSPS) is 16.0. The van der Waals surface area contributed by atoms with Gasteiger partial charge in [-0.3, -0.25) is 0 Å². The molecule has 0 atom stereocenters. The highest BCUT2D eigenvalue weighted by Gasteiger charge is 2.26. The van der Waals surface area contributed by atoms with Crippen molar-refractivity contribution in [3.8, 4) is 0 Å². The molecule has 0 bridgehead atoms. The monoisotopic (exact) mass is 383 g/mol. The van der Waals surface area contributed by atoms with E-state index in [4.69, 9.17) is 0 Å². The van der Waals surface area contributed by atoms with Gasteiger partial charge in [0.2, 0.25) is 16.4 Å². The number of nitrogens with zero attached hydrogens (tertiary/aromatic N) is 5. The van der Waals surface area contributed by atoms with Crippen LogP contribution >= 0.6 is 11.8 Å². The highest BCUT2D eigenvalue weighted by Crippen LogP contribution is 2.32. The van der Waals surface area contributed by atoms with Crippen molar-refractivity contribution in [1.82, 2.24) is 18.8 Å². The van der Waals surface area contributed by atoms with Crippen LogP contribution in [0.5, 0.6) is 0 Å². The lowest BCUT2D eigenvalue weighted by atomic mass is 10.2. The number of hydrogen-bond donors (Lipinski definition) is 0. The van der Waals surface area contributed by atoms with Gasteiger partial charge in [0.05, 0.1) is 0 Å². The third-order valence-electron chi connectivity index (χ3n) is 3.90. The number of aromatic nitrogens is 3. The van der Waals surface area contributed by atoms with Gasteiger partial charge in [0.1, 0.15) is 9.92 Å². The number of piperidine rings is 1. The number of aryl methyl sites for hydroxylation is 1. The summed E-state index contributed by atoms with van der Waals surface area (Å²) in [6.07, 6.45) is 5.43. The van der Waals surface area contributed by atoms with Crippen LogP contribution in [0.25, 0.3) is 0 Å². The quantitative estimate of drug-likeness (QED) is 0.574. The second-order valence-corrected chi connectivity index (χ2v) is 8.59. The highest BCUT2D eigenvalue weighted by molar-refractivity contribution is 7.99. The first-order valence-corrected chi connectivity index (χ1v) is 9.95. The second-order valence-electron chi connectivity index (χ2n) is 5.64. The van der Waals surface area contributed by atoms with Crippen LogP contribution in [0.2, 0.25) is 0 Å². The van der Waals surface area contributed by atoms with Crippen molar-refractivity contribution >= 4 is 27.6 Å². The molecule has 0 radical (unpaired) electrons. The van der Waals surface area contributed by atoms with Crippen molar-refractivity contribution in [2.24, 2.45) is 7.05 Å². The molecule has 11 heteroatoms. The minimum absolute atomic E-state index is 0.137.